The van der Waals surface area contributed by atoms with E-state index in [1.807, 2.05) is 48.9 Å². The van der Waals surface area contributed by atoms with Crippen molar-refractivity contribution in [2.75, 3.05) is 0 Å². The lowest BCUT2D eigenvalue weighted by atomic mass is 9.80. The summed E-state index contributed by atoms with van der Waals surface area (Å²) in [6.07, 6.45) is 10.9. The maximum Gasteiger partial charge on any atom is 0.414 e. The van der Waals surface area contributed by atoms with Crippen molar-refractivity contribution in [3.63, 3.8) is 0 Å². The number of carboxylic acid groups (broad SMARTS) is 2. The van der Waals surface area contributed by atoms with E-state index in [9.17, 15) is 19.0 Å². The minimum Gasteiger partial charge on any atom is -0.473 e. The standard InChI is InChI=1S/2C22H22FNO2.C2H2O4/c2*23-17-7-5-16(6-8-17)22(25)11-18-9-10-19(12-22)24(18)13-15-14-26-21-4-2-1-3-20(15)21;3-1(4)2(5)6/h2*1-8,14,18-19,25H,9-13H2;(H,3,4)(H,5,6)/t2*18-,19+,22?;. The molecule has 10 rings (SSSR count). The van der Waals surface area contributed by atoms with E-state index in [-0.39, 0.29) is 11.6 Å². The Balaban J connectivity index is 0.000000142. The third kappa shape index (κ3) is 8.02. The summed E-state index contributed by atoms with van der Waals surface area (Å²) >= 11 is 0. The van der Waals surface area contributed by atoms with E-state index in [1.165, 1.54) is 46.2 Å². The Kier molecular flexibility index (Phi) is 10.9. The summed E-state index contributed by atoms with van der Waals surface area (Å²) in [5.74, 6) is -4.17. The zero-order valence-electron chi connectivity index (χ0n) is 31.8. The first-order valence-electron chi connectivity index (χ1n) is 19.7. The Morgan fingerprint density at radius 1 is 0.552 bits per heavy atom. The van der Waals surface area contributed by atoms with Crippen LogP contribution in [-0.2, 0) is 33.9 Å². The molecule has 2 unspecified atom stereocenters. The van der Waals surface area contributed by atoms with Gasteiger partial charge in [0.25, 0.3) is 0 Å². The van der Waals surface area contributed by atoms with Crippen molar-refractivity contribution < 1.29 is 47.6 Å². The number of nitrogens with zero attached hydrogens (tertiary/aromatic N) is 2. The molecule has 4 bridgehead atoms. The van der Waals surface area contributed by atoms with Gasteiger partial charge in [-0.3, -0.25) is 9.80 Å². The number of halogens is 2. The number of hydrogen-bond donors (Lipinski definition) is 4. The molecule has 12 heteroatoms. The van der Waals surface area contributed by atoms with Crippen molar-refractivity contribution in [1.29, 1.82) is 0 Å². The van der Waals surface area contributed by atoms with Crippen molar-refractivity contribution in [3.8, 4) is 0 Å². The molecule has 4 saturated heterocycles. The minimum atomic E-state index is -1.82. The fourth-order valence-corrected chi connectivity index (χ4v) is 9.84. The van der Waals surface area contributed by atoms with Gasteiger partial charge in [0.2, 0.25) is 0 Å². The lowest BCUT2D eigenvalue weighted by molar-refractivity contribution is -0.159. The van der Waals surface area contributed by atoms with Gasteiger partial charge in [0.05, 0.1) is 23.7 Å². The molecule has 6 atom stereocenters. The summed E-state index contributed by atoms with van der Waals surface area (Å²) in [5, 5.41) is 39.7. The van der Waals surface area contributed by atoms with Gasteiger partial charge in [0.1, 0.15) is 22.8 Å². The zero-order chi connectivity index (χ0) is 40.6. The van der Waals surface area contributed by atoms with Gasteiger partial charge in [-0.25, -0.2) is 18.4 Å². The second-order valence-corrected chi connectivity index (χ2v) is 16.1. The van der Waals surface area contributed by atoms with Gasteiger partial charge in [0, 0.05) is 59.2 Å². The third-order valence-corrected chi connectivity index (χ3v) is 12.6. The predicted octanol–water partition coefficient (Wildman–Crippen LogP) is 8.33. The van der Waals surface area contributed by atoms with Crippen LogP contribution in [-0.4, -0.2) is 66.3 Å². The first-order chi connectivity index (χ1) is 27.9. The van der Waals surface area contributed by atoms with E-state index in [2.05, 4.69) is 21.9 Å². The largest absolute Gasteiger partial charge is 0.473 e. The number of rotatable bonds is 6. The first-order valence-corrected chi connectivity index (χ1v) is 19.7. The van der Waals surface area contributed by atoms with Gasteiger partial charge in [-0.15, -0.1) is 0 Å². The quantitative estimate of drug-likeness (QED) is 0.121. The average Bonchev–Trinajstić information content (AvgIpc) is 3.95. The molecule has 4 aliphatic heterocycles. The van der Waals surface area contributed by atoms with Crippen molar-refractivity contribution in [1.82, 2.24) is 9.80 Å². The summed E-state index contributed by atoms with van der Waals surface area (Å²) in [7, 11) is 0. The van der Waals surface area contributed by atoms with Gasteiger partial charge in [-0.1, -0.05) is 60.7 Å². The molecule has 4 N–H and O–H groups in total. The van der Waals surface area contributed by atoms with E-state index < -0.39 is 23.1 Å². The number of aliphatic carboxylic acids is 2. The van der Waals surface area contributed by atoms with E-state index >= 15 is 0 Å². The molecular formula is C46H46F2N2O8. The lowest BCUT2D eigenvalue weighted by Gasteiger charge is -2.44. The van der Waals surface area contributed by atoms with Crippen LogP contribution in [0.3, 0.4) is 0 Å². The molecule has 4 aromatic carbocycles. The number of benzene rings is 4. The molecule has 58 heavy (non-hydrogen) atoms. The number of fused-ring (bicyclic) bond motifs is 6. The molecule has 0 spiro atoms. The van der Waals surface area contributed by atoms with Crippen molar-refractivity contribution >= 4 is 33.9 Å². The number of furan rings is 2. The Bertz CT molecular complexity index is 2200. The molecule has 302 valence electrons. The number of aliphatic hydroxyl groups is 2. The van der Waals surface area contributed by atoms with Crippen LogP contribution in [0.4, 0.5) is 8.78 Å². The molecule has 4 aliphatic rings. The topological polar surface area (TPSA) is 148 Å². The van der Waals surface area contributed by atoms with Crippen molar-refractivity contribution in [2.24, 2.45) is 0 Å². The fourth-order valence-electron chi connectivity index (χ4n) is 9.84. The van der Waals surface area contributed by atoms with Gasteiger partial charge >= 0.3 is 11.9 Å². The van der Waals surface area contributed by atoms with Crippen LogP contribution in [0, 0.1) is 11.6 Å². The van der Waals surface area contributed by atoms with Crippen LogP contribution in [0.25, 0.3) is 21.9 Å². The number of para-hydroxylation sites is 2. The molecule has 10 nitrogen and oxygen atoms in total. The predicted molar refractivity (Wildman–Crippen MR) is 211 cm³/mol. The number of carbonyl (C=O) groups is 2. The summed E-state index contributed by atoms with van der Waals surface area (Å²) < 4.78 is 37.9. The maximum absolute atomic E-state index is 13.2. The van der Waals surface area contributed by atoms with Crippen LogP contribution < -0.4 is 0 Å². The Labute approximate surface area is 333 Å². The molecule has 0 amide bonds. The van der Waals surface area contributed by atoms with Crippen LogP contribution in [0.2, 0.25) is 0 Å². The Morgan fingerprint density at radius 2 is 0.879 bits per heavy atom. The molecule has 2 aromatic heterocycles. The summed E-state index contributed by atoms with van der Waals surface area (Å²) in [5.41, 5.74) is 4.25. The highest BCUT2D eigenvalue weighted by atomic mass is 19.1. The van der Waals surface area contributed by atoms with Crippen LogP contribution in [0.1, 0.15) is 73.6 Å². The first kappa shape index (κ1) is 39.4. The minimum absolute atomic E-state index is 0.260. The molecular weight excluding hydrogens is 747 g/mol. The maximum atomic E-state index is 13.2. The van der Waals surface area contributed by atoms with Gasteiger partial charge in [0.15, 0.2) is 0 Å². The van der Waals surface area contributed by atoms with Crippen molar-refractivity contribution in [2.45, 2.75) is 99.8 Å². The highest BCUT2D eigenvalue weighted by molar-refractivity contribution is 6.27. The molecule has 4 fully saturated rings. The molecule has 6 aromatic rings. The van der Waals surface area contributed by atoms with E-state index in [4.69, 9.17) is 28.6 Å². The second kappa shape index (κ2) is 16.1. The summed E-state index contributed by atoms with van der Waals surface area (Å²) in [6.45, 7) is 1.71. The SMILES string of the molecule is O=C(O)C(=O)O.OC1(c2ccc(F)cc2)C[C@H]2CC[C@@H](C1)N2Cc1coc2ccccc12.OC1(c2ccc(F)cc2)C[C@H]2CC[C@@H](C1)N2Cc1coc2ccccc12. The normalized spacial score (nSPS) is 26.5. The van der Waals surface area contributed by atoms with Gasteiger partial charge in [-0.2, -0.15) is 0 Å². The van der Waals surface area contributed by atoms with E-state index in [0.29, 0.717) is 49.9 Å². The van der Waals surface area contributed by atoms with Crippen LogP contribution in [0.15, 0.2) is 118 Å². The highest BCUT2D eigenvalue weighted by Gasteiger charge is 2.49. The Morgan fingerprint density at radius 3 is 1.21 bits per heavy atom. The molecule has 0 saturated carbocycles. The summed E-state index contributed by atoms with van der Waals surface area (Å²) in [4.78, 5) is 23.2. The van der Waals surface area contributed by atoms with Crippen LogP contribution >= 0.6 is 0 Å². The lowest BCUT2D eigenvalue weighted by Crippen LogP contribution is -2.49. The second-order valence-electron chi connectivity index (χ2n) is 16.1. The number of piperidine rings is 2. The number of hydrogen-bond acceptors (Lipinski definition) is 8. The van der Waals surface area contributed by atoms with Crippen LogP contribution in [0.5, 0.6) is 0 Å². The molecule has 6 heterocycles. The Hall–Kier alpha value is -5.40. The van der Waals surface area contributed by atoms with E-state index in [0.717, 1.165) is 61.1 Å². The van der Waals surface area contributed by atoms with Gasteiger partial charge < -0.3 is 29.3 Å². The van der Waals surface area contributed by atoms with E-state index in [1.54, 1.807) is 24.3 Å². The van der Waals surface area contributed by atoms with Gasteiger partial charge in [-0.05, 0) is 98.9 Å². The molecule has 0 radical (unpaired) electrons. The third-order valence-electron chi connectivity index (χ3n) is 12.6. The fraction of sp³-hybridized carbons (Fsp3) is 0.348. The molecule has 0 aliphatic carbocycles. The smallest absolute Gasteiger partial charge is 0.414 e. The highest BCUT2D eigenvalue weighted by Crippen LogP contribution is 2.48. The monoisotopic (exact) mass is 792 g/mol. The average molecular weight is 793 g/mol. The summed E-state index contributed by atoms with van der Waals surface area (Å²) in [6, 6.07) is 30.3. The zero-order valence-corrected chi connectivity index (χ0v) is 31.8. The van der Waals surface area contributed by atoms with Crippen molar-refractivity contribution in [3.05, 3.63) is 143 Å². The number of carboxylic acids is 2.